The predicted octanol–water partition coefficient (Wildman–Crippen LogP) is 3.69. The van der Waals surface area contributed by atoms with Crippen molar-refractivity contribution in [2.45, 2.75) is 25.8 Å². The fourth-order valence-electron chi connectivity index (χ4n) is 1.98. The summed E-state index contributed by atoms with van der Waals surface area (Å²) in [6, 6.07) is 2.41. The summed E-state index contributed by atoms with van der Waals surface area (Å²) in [6.07, 6.45) is 3.95. The molecule has 0 spiro atoms. The molecule has 0 saturated heterocycles. The molecule has 0 amide bonds. The molecule has 100 valence electrons. The SMILES string of the molecule is Cc1cn(C2CC2)c(Nc2ccc(F)c(F)c2F)n1. The van der Waals surface area contributed by atoms with Gasteiger partial charge in [0.2, 0.25) is 5.95 Å². The van der Waals surface area contributed by atoms with Gasteiger partial charge in [0.1, 0.15) is 0 Å². The number of nitrogens with one attached hydrogen (secondary N) is 1. The van der Waals surface area contributed by atoms with E-state index in [1.165, 1.54) is 0 Å². The van der Waals surface area contributed by atoms with E-state index in [-0.39, 0.29) is 5.69 Å². The lowest BCUT2D eigenvalue weighted by Gasteiger charge is -2.10. The topological polar surface area (TPSA) is 29.9 Å². The molecule has 1 aliphatic rings. The molecule has 1 N–H and O–H groups in total. The Morgan fingerprint density at radius 2 is 1.95 bits per heavy atom. The summed E-state index contributed by atoms with van der Waals surface area (Å²) in [7, 11) is 0. The molecular weight excluding hydrogens is 255 g/mol. The summed E-state index contributed by atoms with van der Waals surface area (Å²) in [4.78, 5) is 4.23. The van der Waals surface area contributed by atoms with E-state index in [2.05, 4.69) is 10.3 Å². The number of hydrogen-bond acceptors (Lipinski definition) is 2. The van der Waals surface area contributed by atoms with Crippen LogP contribution < -0.4 is 5.32 Å². The van der Waals surface area contributed by atoms with Crippen LogP contribution in [-0.4, -0.2) is 9.55 Å². The number of nitrogens with zero attached hydrogens (tertiary/aromatic N) is 2. The van der Waals surface area contributed by atoms with Gasteiger partial charge in [-0.15, -0.1) is 0 Å². The number of anilines is 2. The second-order valence-corrected chi connectivity index (χ2v) is 4.69. The van der Waals surface area contributed by atoms with Crippen molar-refractivity contribution in [1.82, 2.24) is 9.55 Å². The highest BCUT2D eigenvalue weighted by atomic mass is 19.2. The molecule has 0 bridgehead atoms. The lowest BCUT2D eigenvalue weighted by atomic mass is 10.3. The number of aryl methyl sites for hydroxylation is 1. The van der Waals surface area contributed by atoms with E-state index < -0.39 is 17.5 Å². The number of halogens is 3. The van der Waals surface area contributed by atoms with Gasteiger partial charge in [0, 0.05) is 12.2 Å². The zero-order valence-electron chi connectivity index (χ0n) is 10.3. The van der Waals surface area contributed by atoms with Crippen molar-refractivity contribution in [3.8, 4) is 0 Å². The minimum atomic E-state index is -1.48. The van der Waals surface area contributed by atoms with E-state index in [4.69, 9.17) is 0 Å². The Morgan fingerprint density at radius 3 is 2.63 bits per heavy atom. The molecule has 3 nitrogen and oxygen atoms in total. The van der Waals surface area contributed by atoms with Crippen LogP contribution in [0.4, 0.5) is 24.8 Å². The van der Waals surface area contributed by atoms with Gasteiger partial charge in [-0.2, -0.15) is 0 Å². The van der Waals surface area contributed by atoms with Gasteiger partial charge in [-0.3, -0.25) is 0 Å². The summed E-state index contributed by atoms with van der Waals surface area (Å²) in [5.41, 5.74) is 0.670. The van der Waals surface area contributed by atoms with Crippen molar-refractivity contribution in [3.05, 3.63) is 41.5 Å². The van der Waals surface area contributed by atoms with E-state index >= 15 is 0 Å². The van der Waals surface area contributed by atoms with Gasteiger partial charge in [-0.05, 0) is 31.9 Å². The Balaban J connectivity index is 1.95. The van der Waals surface area contributed by atoms with Crippen molar-refractivity contribution in [1.29, 1.82) is 0 Å². The second kappa shape index (κ2) is 4.29. The molecule has 3 rings (SSSR count). The van der Waals surface area contributed by atoms with Crippen molar-refractivity contribution in [2.75, 3.05) is 5.32 Å². The molecule has 0 unspecified atom stereocenters. The molecule has 6 heteroatoms. The Bertz CT molecular complexity index is 632. The first kappa shape index (κ1) is 12.1. The summed E-state index contributed by atoms with van der Waals surface area (Å²) in [5, 5.41) is 2.72. The highest BCUT2D eigenvalue weighted by Gasteiger charge is 2.26. The number of aromatic nitrogens is 2. The Labute approximate surface area is 108 Å². The van der Waals surface area contributed by atoms with Gasteiger partial charge in [0.15, 0.2) is 17.5 Å². The van der Waals surface area contributed by atoms with E-state index in [1.807, 2.05) is 17.7 Å². The number of rotatable bonds is 3. The van der Waals surface area contributed by atoms with Crippen LogP contribution in [0.1, 0.15) is 24.6 Å². The fraction of sp³-hybridized carbons (Fsp3) is 0.308. The van der Waals surface area contributed by atoms with Crippen molar-refractivity contribution in [2.24, 2.45) is 0 Å². The fourth-order valence-corrected chi connectivity index (χ4v) is 1.98. The maximum Gasteiger partial charge on any atom is 0.207 e. The molecule has 2 aromatic rings. The summed E-state index contributed by atoms with van der Waals surface area (Å²) < 4.78 is 41.5. The largest absolute Gasteiger partial charge is 0.323 e. The van der Waals surface area contributed by atoms with Crippen LogP contribution in [-0.2, 0) is 0 Å². The van der Waals surface area contributed by atoms with Crippen molar-refractivity contribution in [3.63, 3.8) is 0 Å². The quantitative estimate of drug-likeness (QED) is 0.859. The zero-order valence-corrected chi connectivity index (χ0v) is 10.3. The minimum Gasteiger partial charge on any atom is -0.323 e. The standard InChI is InChI=1S/C13H12F3N3/c1-7-6-19(8-2-3-8)13(17-7)18-10-5-4-9(14)11(15)12(10)16/h4-6,8H,2-3H2,1H3,(H,17,18). The van der Waals surface area contributed by atoms with Crippen LogP contribution >= 0.6 is 0 Å². The Kier molecular flexibility index (Phi) is 2.73. The molecule has 1 saturated carbocycles. The molecule has 0 radical (unpaired) electrons. The number of benzene rings is 1. The second-order valence-electron chi connectivity index (χ2n) is 4.69. The van der Waals surface area contributed by atoms with E-state index in [1.54, 1.807) is 0 Å². The van der Waals surface area contributed by atoms with Crippen molar-refractivity contribution >= 4 is 11.6 Å². The minimum absolute atomic E-state index is 0.119. The number of hydrogen-bond donors (Lipinski definition) is 1. The molecule has 1 aliphatic carbocycles. The Hall–Kier alpha value is -1.98. The summed E-state index contributed by atoms with van der Waals surface area (Å²) in [6.45, 7) is 1.83. The van der Waals surface area contributed by atoms with Gasteiger partial charge in [0.25, 0.3) is 0 Å². The first-order valence-corrected chi connectivity index (χ1v) is 6.02. The van der Waals surface area contributed by atoms with Crippen LogP contribution in [0, 0.1) is 24.4 Å². The van der Waals surface area contributed by atoms with Gasteiger partial charge >= 0.3 is 0 Å². The molecule has 19 heavy (non-hydrogen) atoms. The molecule has 1 aromatic carbocycles. The van der Waals surface area contributed by atoms with Crippen LogP contribution in [0.15, 0.2) is 18.3 Å². The lowest BCUT2D eigenvalue weighted by Crippen LogP contribution is -2.04. The van der Waals surface area contributed by atoms with Gasteiger partial charge < -0.3 is 9.88 Å². The average Bonchev–Trinajstić information content (AvgIpc) is 3.15. The third-order valence-corrected chi connectivity index (χ3v) is 3.07. The van der Waals surface area contributed by atoms with Gasteiger partial charge in [-0.25, -0.2) is 18.2 Å². The molecule has 1 fully saturated rings. The third-order valence-electron chi connectivity index (χ3n) is 3.07. The average molecular weight is 267 g/mol. The first-order valence-electron chi connectivity index (χ1n) is 6.02. The smallest absolute Gasteiger partial charge is 0.207 e. The normalized spacial score (nSPS) is 14.7. The Morgan fingerprint density at radius 1 is 1.21 bits per heavy atom. The highest BCUT2D eigenvalue weighted by Crippen LogP contribution is 2.38. The molecule has 0 atom stereocenters. The van der Waals surface area contributed by atoms with Crippen LogP contribution in [0.25, 0.3) is 0 Å². The van der Waals surface area contributed by atoms with Crippen LogP contribution in [0.5, 0.6) is 0 Å². The van der Waals surface area contributed by atoms with Crippen LogP contribution in [0.3, 0.4) is 0 Å². The van der Waals surface area contributed by atoms with E-state index in [9.17, 15) is 13.2 Å². The highest BCUT2D eigenvalue weighted by molar-refractivity contribution is 5.55. The molecular formula is C13H12F3N3. The van der Waals surface area contributed by atoms with Gasteiger partial charge in [-0.1, -0.05) is 0 Å². The number of imidazole rings is 1. The maximum atomic E-state index is 13.6. The predicted molar refractivity (Wildman–Crippen MR) is 64.8 cm³/mol. The summed E-state index contributed by atoms with van der Waals surface area (Å²) >= 11 is 0. The van der Waals surface area contributed by atoms with Crippen molar-refractivity contribution < 1.29 is 13.2 Å². The first-order chi connectivity index (χ1) is 9.06. The molecule has 1 heterocycles. The monoisotopic (exact) mass is 267 g/mol. The maximum absolute atomic E-state index is 13.6. The van der Waals surface area contributed by atoms with Gasteiger partial charge in [0.05, 0.1) is 11.4 Å². The molecule has 1 aromatic heterocycles. The van der Waals surface area contributed by atoms with E-state index in [0.29, 0.717) is 12.0 Å². The zero-order chi connectivity index (χ0) is 13.6. The lowest BCUT2D eigenvalue weighted by molar-refractivity contribution is 0.449. The van der Waals surface area contributed by atoms with E-state index in [0.717, 1.165) is 30.7 Å². The summed E-state index contributed by atoms with van der Waals surface area (Å²) in [5.74, 6) is -3.47. The third kappa shape index (κ3) is 2.18. The molecule has 0 aliphatic heterocycles. The van der Waals surface area contributed by atoms with Crippen LogP contribution in [0.2, 0.25) is 0 Å².